The number of anilines is 1. The molecule has 0 aliphatic rings. The van der Waals surface area contributed by atoms with E-state index >= 15 is 0 Å². The fourth-order valence-electron chi connectivity index (χ4n) is 2.72. The highest BCUT2D eigenvalue weighted by Crippen LogP contribution is 2.25. The van der Waals surface area contributed by atoms with Crippen molar-refractivity contribution in [3.05, 3.63) is 23.8 Å². The van der Waals surface area contributed by atoms with Gasteiger partial charge in [0.25, 0.3) is 0 Å². The molecule has 1 N–H and O–H groups in total. The molecule has 1 aromatic rings. The SMILES string of the molecule is Cc1cc(OC(C)C)ccc1NC(CC(C)C)CC(C)C. The molecule has 0 radical (unpaired) electrons. The molecule has 0 aliphatic heterocycles. The van der Waals surface area contributed by atoms with Crippen molar-refractivity contribution in [1.82, 2.24) is 0 Å². The van der Waals surface area contributed by atoms with E-state index < -0.39 is 0 Å². The quantitative estimate of drug-likeness (QED) is 0.667. The van der Waals surface area contributed by atoms with Crippen molar-refractivity contribution in [2.45, 2.75) is 73.5 Å². The van der Waals surface area contributed by atoms with E-state index in [0.29, 0.717) is 17.9 Å². The van der Waals surface area contributed by atoms with E-state index in [1.165, 1.54) is 24.1 Å². The van der Waals surface area contributed by atoms with Crippen LogP contribution in [-0.4, -0.2) is 12.1 Å². The first-order valence-electron chi connectivity index (χ1n) is 8.31. The highest BCUT2D eigenvalue weighted by molar-refractivity contribution is 5.54. The summed E-state index contributed by atoms with van der Waals surface area (Å²) in [6.45, 7) is 15.4. The van der Waals surface area contributed by atoms with Gasteiger partial charge in [-0.2, -0.15) is 0 Å². The zero-order chi connectivity index (χ0) is 16.0. The summed E-state index contributed by atoms with van der Waals surface area (Å²) in [6, 6.07) is 6.89. The van der Waals surface area contributed by atoms with Gasteiger partial charge in [-0.15, -0.1) is 0 Å². The van der Waals surface area contributed by atoms with Crippen LogP contribution in [0.3, 0.4) is 0 Å². The van der Waals surface area contributed by atoms with Crippen LogP contribution < -0.4 is 10.1 Å². The van der Waals surface area contributed by atoms with Crippen molar-refractivity contribution in [1.29, 1.82) is 0 Å². The number of ether oxygens (including phenoxy) is 1. The van der Waals surface area contributed by atoms with Crippen LogP contribution in [-0.2, 0) is 0 Å². The molecule has 0 amide bonds. The molecule has 2 heteroatoms. The number of hydrogen-bond donors (Lipinski definition) is 1. The normalized spacial score (nSPS) is 11.8. The molecular formula is C19H33NO. The van der Waals surface area contributed by atoms with Crippen LogP contribution in [0.15, 0.2) is 18.2 Å². The van der Waals surface area contributed by atoms with E-state index in [2.05, 4.69) is 72.0 Å². The second-order valence-electron chi connectivity index (χ2n) is 7.24. The van der Waals surface area contributed by atoms with E-state index in [9.17, 15) is 0 Å². The number of benzene rings is 1. The average Bonchev–Trinajstić information content (AvgIpc) is 2.30. The van der Waals surface area contributed by atoms with Gasteiger partial charge < -0.3 is 10.1 Å². The summed E-state index contributed by atoms with van der Waals surface area (Å²) >= 11 is 0. The molecule has 0 heterocycles. The Labute approximate surface area is 131 Å². The summed E-state index contributed by atoms with van der Waals surface area (Å²) in [4.78, 5) is 0. The van der Waals surface area contributed by atoms with Crippen LogP contribution in [0.5, 0.6) is 5.75 Å². The molecule has 0 saturated heterocycles. The van der Waals surface area contributed by atoms with Crippen LogP contribution >= 0.6 is 0 Å². The maximum Gasteiger partial charge on any atom is 0.120 e. The molecule has 0 unspecified atom stereocenters. The van der Waals surface area contributed by atoms with Gasteiger partial charge in [-0.3, -0.25) is 0 Å². The minimum atomic E-state index is 0.220. The molecule has 0 saturated carbocycles. The van der Waals surface area contributed by atoms with Crippen LogP contribution in [0.25, 0.3) is 0 Å². The van der Waals surface area contributed by atoms with Crippen LogP contribution in [0.2, 0.25) is 0 Å². The Hall–Kier alpha value is -1.18. The summed E-state index contributed by atoms with van der Waals surface area (Å²) in [5, 5.41) is 3.73. The Bertz CT molecular complexity index is 414. The summed E-state index contributed by atoms with van der Waals surface area (Å²) < 4.78 is 5.76. The molecule has 0 fully saturated rings. The molecule has 21 heavy (non-hydrogen) atoms. The van der Waals surface area contributed by atoms with Crippen molar-refractivity contribution in [3.8, 4) is 5.75 Å². The van der Waals surface area contributed by atoms with E-state index in [-0.39, 0.29) is 6.10 Å². The average molecular weight is 291 g/mol. The van der Waals surface area contributed by atoms with E-state index in [0.717, 1.165) is 5.75 Å². The Morgan fingerprint density at radius 3 is 1.95 bits per heavy atom. The van der Waals surface area contributed by atoms with Crippen LogP contribution in [0.1, 0.15) is 59.9 Å². The van der Waals surface area contributed by atoms with Crippen LogP contribution in [0.4, 0.5) is 5.69 Å². The van der Waals surface area contributed by atoms with Gasteiger partial charge in [0.05, 0.1) is 6.10 Å². The molecule has 2 nitrogen and oxygen atoms in total. The van der Waals surface area contributed by atoms with Gasteiger partial charge in [0.15, 0.2) is 0 Å². The van der Waals surface area contributed by atoms with Crippen molar-refractivity contribution in [2.75, 3.05) is 5.32 Å². The van der Waals surface area contributed by atoms with Gasteiger partial charge in [0.1, 0.15) is 5.75 Å². The van der Waals surface area contributed by atoms with Gasteiger partial charge in [-0.1, -0.05) is 27.7 Å². The zero-order valence-corrected chi connectivity index (χ0v) is 14.9. The van der Waals surface area contributed by atoms with E-state index in [4.69, 9.17) is 4.74 Å². The van der Waals surface area contributed by atoms with E-state index in [1.807, 2.05) is 0 Å². The number of aryl methyl sites for hydroxylation is 1. The zero-order valence-electron chi connectivity index (χ0n) is 14.9. The highest BCUT2D eigenvalue weighted by Gasteiger charge is 2.14. The molecule has 0 bridgehead atoms. The first kappa shape index (κ1) is 17.9. The highest BCUT2D eigenvalue weighted by atomic mass is 16.5. The third-order valence-electron chi connectivity index (χ3n) is 3.44. The first-order valence-corrected chi connectivity index (χ1v) is 8.31. The molecule has 0 aliphatic carbocycles. The maximum absolute atomic E-state index is 5.76. The second-order valence-corrected chi connectivity index (χ2v) is 7.24. The Kier molecular flexibility index (Phi) is 7.07. The molecule has 0 aromatic heterocycles. The largest absolute Gasteiger partial charge is 0.491 e. The summed E-state index contributed by atoms with van der Waals surface area (Å²) in [7, 11) is 0. The molecule has 0 atom stereocenters. The predicted molar refractivity (Wildman–Crippen MR) is 93.3 cm³/mol. The smallest absolute Gasteiger partial charge is 0.120 e. The van der Waals surface area contributed by atoms with E-state index in [1.54, 1.807) is 0 Å². The predicted octanol–water partition coefficient (Wildman–Crippen LogP) is 5.65. The lowest BCUT2D eigenvalue weighted by molar-refractivity contribution is 0.242. The van der Waals surface area contributed by atoms with Gasteiger partial charge in [0.2, 0.25) is 0 Å². The van der Waals surface area contributed by atoms with Crippen LogP contribution in [0, 0.1) is 18.8 Å². The third-order valence-corrected chi connectivity index (χ3v) is 3.44. The second kappa shape index (κ2) is 8.31. The minimum absolute atomic E-state index is 0.220. The Morgan fingerprint density at radius 2 is 1.52 bits per heavy atom. The summed E-state index contributed by atoms with van der Waals surface area (Å²) in [5.41, 5.74) is 2.49. The Balaban J connectivity index is 2.78. The van der Waals surface area contributed by atoms with Crippen molar-refractivity contribution < 1.29 is 4.74 Å². The first-order chi connectivity index (χ1) is 9.77. The molecular weight excluding hydrogens is 258 g/mol. The monoisotopic (exact) mass is 291 g/mol. The standard InChI is InChI=1S/C19H33NO/c1-13(2)10-17(11-14(3)4)20-19-9-8-18(12-16(19)7)21-15(5)6/h8-9,12-15,17,20H,10-11H2,1-7H3. The van der Waals surface area contributed by atoms with Crippen molar-refractivity contribution >= 4 is 5.69 Å². The fraction of sp³-hybridized carbons (Fsp3) is 0.684. The third kappa shape index (κ3) is 6.88. The topological polar surface area (TPSA) is 21.3 Å². The van der Waals surface area contributed by atoms with Gasteiger partial charge >= 0.3 is 0 Å². The summed E-state index contributed by atoms with van der Waals surface area (Å²) in [6.07, 6.45) is 2.64. The lowest BCUT2D eigenvalue weighted by atomic mass is 9.95. The Morgan fingerprint density at radius 1 is 0.952 bits per heavy atom. The minimum Gasteiger partial charge on any atom is -0.491 e. The van der Waals surface area contributed by atoms with Crippen molar-refractivity contribution in [2.24, 2.45) is 11.8 Å². The maximum atomic E-state index is 5.76. The molecule has 1 aromatic carbocycles. The van der Waals surface area contributed by atoms with Crippen molar-refractivity contribution in [3.63, 3.8) is 0 Å². The van der Waals surface area contributed by atoms with Gasteiger partial charge in [-0.25, -0.2) is 0 Å². The van der Waals surface area contributed by atoms with Gasteiger partial charge in [0, 0.05) is 11.7 Å². The number of nitrogens with one attached hydrogen (secondary N) is 1. The molecule has 1 rings (SSSR count). The lowest BCUT2D eigenvalue weighted by Gasteiger charge is -2.25. The number of hydrogen-bond acceptors (Lipinski definition) is 2. The lowest BCUT2D eigenvalue weighted by Crippen LogP contribution is -2.24. The fourth-order valence-corrected chi connectivity index (χ4v) is 2.72. The van der Waals surface area contributed by atoms with Gasteiger partial charge in [-0.05, 0) is 69.2 Å². The number of rotatable bonds is 8. The molecule has 0 spiro atoms. The molecule has 120 valence electrons. The summed E-state index contributed by atoms with van der Waals surface area (Å²) in [5.74, 6) is 2.38.